The second-order valence-electron chi connectivity index (χ2n) is 8.71. The van der Waals surface area contributed by atoms with Gasteiger partial charge in [-0.15, -0.1) is 0 Å². The van der Waals surface area contributed by atoms with Crippen LogP contribution in [0.5, 0.6) is 0 Å². The SMILES string of the molecule is CC(C)(C)c1cc(CC(=O)C2(S(=O)(=O)CC3CCOCC3)CCC2)on1. The fourth-order valence-corrected chi connectivity index (χ4v) is 6.32. The van der Waals surface area contributed by atoms with E-state index in [1.807, 2.05) is 20.8 Å². The summed E-state index contributed by atoms with van der Waals surface area (Å²) < 4.78 is 35.6. The minimum atomic E-state index is -3.49. The predicted octanol–water partition coefficient (Wildman–Crippen LogP) is 2.85. The summed E-state index contributed by atoms with van der Waals surface area (Å²) in [4.78, 5) is 13.0. The van der Waals surface area contributed by atoms with Gasteiger partial charge in [-0.3, -0.25) is 4.79 Å². The van der Waals surface area contributed by atoms with Crippen LogP contribution in [0.1, 0.15) is 64.3 Å². The van der Waals surface area contributed by atoms with Gasteiger partial charge in [0.2, 0.25) is 0 Å². The van der Waals surface area contributed by atoms with Crippen LogP contribution >= 0.6 is 0 Å². The third-order valence-electron chi connectivity index (χ3n) is 5.72. The van der Waals surface area contributed by atoms with Gasteiger partial charge in [-0.1, -0.05) is 25.9 Å². The van der Waals surface area contributed by atoms with Crippen molar-refractivity contribution in [3.8, 4) is 0 Å². The number of nitrogens with zero attached hydrogens (tertiary/aromatic N) is 1. The highest BCUT2D eigenvalue weighted by Gasteiger charge is 2.54. The maximum Gasteiger partial charge on any atom is 0.163 e. The summed E-state index contributed by atoms with van der Waals surface area (Å²) in [7, 11) is -3.49. The molecule has 0 aromatic carbocycles. The van der Waals surface area contributed by atoms with Gasteiger partial charge in [0.25, 0.3) is 0 Å². The Morgan fingerprint density at radius 3 is 2.42 bits per heavy atom. The minimum absolute atomic E-state index is 0.00388. The zero-order valence-electron chi connectivity index (χ0n) is 15.9. The molecule has 2 heterocycles. The van der Waals surface area contributed by atoms with E-state index in [2.05, 4.69) is 5.16 Å². The first-order valence-electron chi connectivity index (χ1n) is 9.43. The molecule has 26 heavy (non-hydrogen) atoms. The van der Waals surface area contributed by atoms with E-state index in [-0.39, 0.29) is 29.3 Å². The number of rotatable bonds is 6. The van der Waals surface area contributed by atoms with Gasteiger partial charge in [0.15, 0.2) is 15.6 Å². The maximum absolute atomic E-state index is 13.1. The van der Waals surface area contributed by atoms with E-state index < -0.39 is 14.6 Å². The van der Waals surface area contributed by atoms with Crippen molar-refractivity contribution >= 4 is 15.6 Å². The van der Waals surface area contributed by atoms with Crippen LogP contribution in [0, 0.1) is 5.92 Å². The first kappa shape index (κ1) is 19.5. The lowest BCUT2D eigenvalue weighted by molar-refractivity contribution is -0.123. The Bertz CT molecular complexity index is 749. The van der Waals surface area contributed by atoms with E-state index in [9.17, 15) is 13.2 Å². The van der Waals surface area contributed by atoms with Crippen molar-refractivity contribution in [1.82, 2.24) is 5.16 Å². The molecule has 1 aromatic rings. The Hall–Kier alpha value is -1.21. The van der Waals surface area contributed by atoms with E-state index >= 15 is 0 Å². The van der Waals surface area contributed by atoms with Crippen LogP contribution in [-0.4, -0.2) is 43.1 Å². The standard InChI is InChI=1S/C19H29NO5S/c1-18(2,3)16-11-15(25-20-16)12-17(21)19(7-4-8-19)26(22,23)13-14-5-9-24-10-6-14/h11,14H,4-10,12-13H2,1-3H3. The number of aromatic nitrogens is 1. The lowest BCUT2D eigenvalue weighted by Gasteiger charge is -2.40. The van der Waals surface area contributed by atoms with E-state index in [1.54, 1.807) is 6.07 Å². The number of ether oxygens (including phenoxy) is 1. The van der Waals surface area contributed by atoms with Crippen LogP contribution < -0.4 is 0 Å². The maximum atomic E-state index is 13.1. The van der Waals surface area contributed by atoms with Crippen molar-refractivity contribution in [1.29, 1.82) is 0 Å². The van der Waals surface area contributed by atoms with Crippen molar-refractivity contribution in [2.45, 2.75) is 69.5 Å². The number of carbonyl (C=O) groups excluding carboxylic acids is 1. The molecule has 2 aliphatic rings. The molecule has 7 heteroatoms. The zero-order chi connectivity index (χ0) is 19.0. The van der Waals surface area contributed by atoms with Gasteiger partial charge in [-0.05, 0) is 38.0 Å². The molecule has 0 bridgehead atoms. The molecular formula is C19H29NO5S. The third kappa shape index (κ3) is 3.74. The number of hydrogen-bond donors (Lipinski definition) is 0. The third-order valence-corrected chi connectivity index (χ3v) is 8.46. The molecule has 0 amide bonds. The zero-order valence-corrected chi connectivity index (χ0v) is 16.7. The molecule has 6 nitrogen and oxygen atoms in total. The first-order chi connectivity index (χ1) is 12.1. The molecule has 0 spiro atoms. The number of ketones is 1. The second-order valence-corrected chi connectivity index (χ2v) is 11.1. The van der Waals surface area contributed by atoms with Gasteiger partial charge in [-0.2, -0.15) is 0 Å². The Labute approximate surface area is 155 Å². The van der Waals surface area contributed by atoms with Gasteiger partial charge in [-0.25, -0.2) is 8.42 Å². The fraction of sp³-hybridized carbons (Fsp3) is 0.789. The average molecular weight is 384 g/mol. The monoisotopic (exact) mass is 383 g/mol. The molecule has 0 radical (unpaired) electrons. The van der Waals surface area contributed by atoms with Crippen LogP contribution in [0.25, 0.3) is 0 Å². The molecule has 1 saturated heterocycles. The Balaban J connectivity index is 1.74. The highest BCUT2D eigenvalue weighted by atomic mass is 32.2. The number of hydrogen-bond acceptors (Lipinski definition) is 6. The quantitative estimate of drug-likeness (QED) is 0.751. The highest BCUT2D eigenvalue weighted by molar-refractivity contribution is 7.93. The topological polar surface area (TPSA) is 86.5 Å². The van der Waals surface area contributed by atoms with E-state index in [0.717, 1.165) is 25.0 Å². The predicted molar refractivity (Wildman–Crippen MR) is 97.8 cm³/mol. The van der Waals surface area contributed by atoms with Crippen LogP contribution in [0.15, 0.2) is 10.6 Å². The molecule has 0 atom stereocenters. The molecule has 2 fully saturated rings. The number of sulfone groups is 1. The Morgan fingerprint density at radius 2 is 1.92 bits per heavy atom. The molecular weight excluding hydrogens is 354 g/mol. The van der Waals surface area contributed by atoms with Crippen LogP contribution in [0.2, 0.25) is 0 Å². The fourth-order valence-electron chi connectivity index (χ4n) is 3.71. The second kappa shape index (κ2) is 7.08. The van der Waals surface area contributed by atoms with Crippen molar-refractivity contribution in [3.05, 3.63) is 17.5 Å². The van der Waals surface area contributed by atoms with Gasteiger partial charge in [0.1, 0.15) is 10.5 Å². The van der Waals surface area contributed by atoms with E-state index in [4.69, 9.17) is 9.26 Å². The molecule has 0 N–H and O–H groups in total. The normalized spacial score (nSPS) is 21.3. The molecule has 3 rings (SSSR count). The molecule has 1 aromatic heterocycles. The molecule has 1 saturated carbocycles. The summed E-state index contributed by atoms with van der Waals surface area (Å²) in [5.74, 6) is 0.392. The lowest BCUT2D eigenvalue weighted by atomic mass is 9.79. The summed E-state index contributed by atoms with van der Waals surface area (Å²) in [6.45, 7) is 7.26. The van der Waals surface area contributed by atoms with E-state index in [1.165, 1.54) is 0 Å². The number of Topliss-reactive ketones (excluding diaryl/α,β-unsaturated/α-hetero) is 1. The molecule has 1 aliphatic heterocycles. The van der Waals surface area contributed by atoms with Gasteiger partial charge >= 0.3 is 0 Å². The van der Waals surface area contributed by atoms with Crippen molar-refractivity contribution in [3.63, 3.8) is 0 Å². The molecule has 146 valence electrons. The summed E-state index contributed by atoms with van der Waals surface area (Å²) in [5, 5.41) is 4.03. The van der Waals surface area contributed by atoms with Crippen LogP contribution in [0.4, 0.5) is 0 Å². The van der Waals surface area contributed by atoms with Crippen LogP contribution in [0.3, 0.4) is 0 Å². The summed E-state index contributed by atoms with van der Waals surface area (Å²) in [5.41, 5.74) is 0.599. The highest BCUT2D eigenvalue weighted by Crippen LogP contribution is 2.43. The lowest BCUT2D eigenvalue weighted by Crippen LogP contribution is -2.54. The summed E-state index contributed by atoms with van der Waals surface area (Å²) in [6.07, 6.45) is 3.13. The van der Waals surface area contributed by atoms with Crippen molar-refractivity contribution in [2.24, 2.45) is 5.92 Å². The molecule has 0 unspecified atom stereocenters. The van der Waals surface area contributed by atoms with Gasteiger partial charge in [0, 0.05) is 24.7 Å². The average Bonchev–Trinajstić information content (AvgIpc) is 2.94. The van der Waals surface area contributed by atoms with Crippen molar-refractivity contribution < 1.29 is 22.5 Å². The molecule has 1 aliphatic carbocycles. The summed E-state index contributed by atoms with van der Waals surface area (Å²) >= 11 is 0. The largest absolute Gasteiger partial charge is 0.381 e. The first-order valence-corrected chi connectivity index (χ1v) is 11.1. The Kier molecular flexibility index (Phi) is 5.32. The minimum Gasteiger partial charge on any atom is -0.381 e. The van der Waals surface area contributed by atoms with E-state index in [0.29, 0.717) is 31.8 Å². The van der Waals surface area contributed by atoms with Gasteiger partial charge in [0.05, 0.1) is 17.9 Å². The van der Waals surface area contributed by atoms with Gasteiger partial charge < -0.3 is 9.26 Å². The number of carbonyl (C=O) groups is 1. The van der Waals surface area contributed by atoms with Crippen LogP contribution in [-0.2, 0) is 31.2 Å². The Morgan fingerprint density at radius 1 is 1.27 bits per heavy atom. The van der Waals surface area contributed by atoms with Crippen molar-refractivity contribution in [2.75, 3.05) is 19.0 Å². The smallest absolute Gasteiger partial charge is 0.163 e. The summed E-state index contributed by atoms with van der Waals surface area (Å²) in [6, 6.07) is 1.77.